The predicted molar refractivity (Wildman–Crippen MR) is 107 cm³/mol. The van der Waals surface area contributed by atoms with Gasteiger partial charge >= 0.3 is 6.18 Å². The van der Waals surface area contributed by atoms with Gasteiger partial charge in [-0.05, 0) is 65.9 Å². The second-order valence-electron chi connectivity index (χ2n) is 5.78. The SMILES string of the molecule is CC(O)(C(=O)Nc1ccc(S(=O)(=O)Nc2cccc(I)c2)cc1Cl)C(F)(F)F. The molecule has 2 aromatic rings. The van der Waals surface area contributed by atoms with Crippen LogP contribution >= 0.6 is 34.2 Å². The number of nitrogens with one attached hydrogen (secondary N) is 2. The van der Waals surface area contributed by atoms with E-state index in [-0.39, 0.29) is 15.6 Å². The van der Waals surface area contributed by atoms with Crippen molar-refractivity contribution in [1.29, 1.82) is 0 Å². The van der Waals surface area contributed by atoms with Gasteiger partial charge in [-0.3, -0.25) is 9.52 Å². The highest BCUT2D eigenvalue weighted by molar-refractivity contribution is 14.1. The predicted octanol–water partition coefficient (Wildman–Crippen LogP) is 4.00. The van der Waals surface area contributed by atoms with Gasteiger partial charge in [0, 0.05) is 9.26 Å². The fraction of sp³-hybridized carbons (Fsp3) is 0.188. The minimum Gasteiger partial charge on any atom is -0.373 e. The topological polar surface area (TPSA) is 95.5 Å². The van der Waals surface area contributed by atoms with Crippen molar-refractivity contribution < 1.29 is 31.5 Å². The second-order valence-corrected chi connectivity index (χ2v) is 9.12. The van der Waals surface area contributed by atoms with Crippen LogP contribution in [0.3, 0.4) is 0 Å². The van der Waals surface area contributed by atoms with Crippen LogP contribution in [-0.4, -0.2) is 31.2 Å². The minimum atomic E-state index is -5.20. The molecule has 0 aliphatic rings. The number of aliphatic hydroxyl groups is 1. The van der Waals surface area contributed by atoms with Crippen LogP contribution in [0.5, 0.6) is 0 Å². The molecule has 0 aliphatic heterocycles. The Morgan fingerprint density at radius 1 is 1.18 bits per heavy atom. The summed E-state index contributed by atoms with van der Waals surface area (Å²) in [6, 6.07) is 9.59. The van der Waals surface area contributed by atoms with Gasteiger partial charge in [-0.2, -0.15) is 13.2 Å². The Bertz CT molecular complexity index is 1010. The number of amides is 1. The largest absolute Gasteiger partial charge is 0.426 e. The van der Waals surface area contributed by atoms with E-state index in [0.29, 0.717) is 12.6 Å². The Balaban J connectivity index is 2.25. The molecular weight excluding hydrogens is 536 g/mol. The number of hydrogen-bond donors (Lipinski definition) is 3. The van der Waals surface area contributed by atoms with Crippen LogP contribution in [0.25, 0.3) is 0 Å². The van der Waals surface area contributed by atoms with E-state index in [1.807, 2.05) is 27.9 Å². The third-order valence-corrected chi connectivity index (χ3v) is 5.93. The first kappa shape index (κ1) is 22.7. The van der Waals surface area contributed by atoms with Gasteiger partial charge in [-0.1, -0.05) is 17.7 Å². The van der Waals surface area contributed by atoms with Crippen molar-refractivity contribution in [2.75, 3.05) is 10.0 Å². The molecule has 0 fully saturated rings. The van der Waals surface area contributed by atoms with Crippen molar-refractivity contribution in [3.05, 3.63) is 51.1 Å². The van der Waals surface area contributed by atoms with E-state index in [1.54, 1.807) is 18.2 Å². The molecule has 28 heavy (non-hydrogen) atoms. The number of anilines is 2. The van der Waals surface area contributed by atoms with Crippen molar-refractivity contribution >= 4 is 61.5 Å². The van der Waals surface area contributed by atoms with Gasteiger partial charge in [0.2, 0.25) is 5.60 Å². The van der Waals surface area contributed by atoms with E-state index in [0.717, 1.165) is 21.8 Å². The zero-order valence-electron chi connectivity index (χ0n) is 14.0. The van der Waals surface area contributed by atoms with Crippen LogP contribution in [0.2, 0.25) is 5.02 Å². The van der Waals surface area contributed by atoms with E-state index in [4.69, 9.17) is 11.6 Å². The van der Waals surface area contributed by atoms with Crippen molar-refractivity contribution in [2.45, 2.75) is 23.6 Å². The highest BCUT2D eigenvalue weighted by Gasteiger charge is 2.55. The molecule has 1 amide bonds. The molecular formula is C16H13ClF3IN2O4S. The van der Waals surface area contributed by atoms with Gasteiger partial charge < -0.3 is 10.4 Å². The van der Waals surface area contributed by atoms with E-state index >= 15 is 0 Å². The van der Waals surface area contributed by atoms with E-state index < -0.39 is 27.7 Å². The summed E-state index contributed by atoms with van der Waals surface area (Å²) < 4.78 is 66.2. The molecule has 2 aromatic carbocycles. The number of hydrogen-bond acceptors (Lipinski definition) is 4. The van der Waals surface area contributed by atoms with Gasteiger partial charge in [-0.15, -0.1) is 0 Å². The summed E-state index contributed by atoms with van der Waals surface area (Å²) in [6.45, 7) is 0.292. The number of alkyl halides is 3. The van der Waals surface area contributed by atoms with Crippen LogP contribution in [0.15, 0.2) is 47.4 Å². The summed E-state index contributed by atoms with van der Waals surface area (Å²) in [7, 11) is -4.03. The number of benzene rings is 2. The van der Waals surface area contributed by atoms with E-state index in [9.17, 15) is 31.5 Å². The Kier molecular flexibility index (Phi) is 6.53. The summed E-state index contributed by atoms with van der Waals surface area (Å²) in [5.41, 5.74) is -3.63. The van der Waals surface area contributed by atoms with Crippen LogP contribution in [0, 0.1) is 3.57 Å². The smallest absolute Gasteiger partial charge is 0.373 e. The van der Waals surface area contributed by atoms with Crippen molar-refractivity contribution in [1.82, 2.24) is 0 Å². The molecule has 0 radical (unpaired) electrons. The lowest BCUT2D eigenvalue weighted by molar-refractivity contribution is -0.242. The van der Waals surface area contributed by atoms with Crippen LogP contribution < -0.4 is 10.0 Å². The number of carbonyl (C=O) groups excluding carboxylic acids is 1. The molecule has 12 heteroatoms. The number of carbonyl (C=O) groups is 1. The lowest BCUT2D eigenvalue weighted by Crippen LogP contribution is -2.52. The molecule has 3 N–H and O–H groups in total. The lowest BCUT2D eigenvalue weighted by atomic mass is 10.1. The standard InChI is InChI=1S/C16H13ClF3IN2O4S/c1-15(25,16(18,19)20)14(24)22-13-6-5-11(8-12(13)17)28(26,27)23-10-4-2-3-9(21)7-10/h2-8,23,25H,1H3,(H,22,24). The number of halogens is 5. The average molecular weight is 549 g/mol. The first-order chi connectivity index (χ1) is 12.7. The molecule has 0 spiro atoms. The Morgan fingerprint density at radius 2 is 1.82 bits per heavy atom. The van der Waals surface area contributed by atoms with E-state index in [1.165, 1.54) is 6.07 Å². The summed E-state index contributed by atoms with van der Waals surface area (Å²) in [5.74, 6) is -1.76. The maximum absolute atomic E-state index is 12.7. The lowest BCUT2D eigenvalue weighted by Gasteiger charge is -2.25. The molecule has 0 heterocycles. The Morgan fingerprint density at radius 3 is 2.36 bits per heavy atom. The summed E-state index contributed by atoms with van der Waals surface area (Å²) in [6.07, 6.45) is -5.20. The fourth-order valence-corrected chi connectivity index (χ4v) is 3.81. The molecule has 152 valence electrons. The molecule has 6 nitrogen and oxygen atoms in total. The summed E-state index contributed by atoms with van der Waals surface area (Å²) in [4.78, 5) is 11.5. The quantitative estimate of drug-likeness (QED) is 0.493. The van der Waals surface area contributed by atoms with Gasteiger partial charge in [0.15, 0.2) is 0 Å². The first-order valence-electron chi connectivity index (χ1n) is 7.42. The van der Waals surface area contributed by atoms with Gasteiger partial charge in [0.25, 0.3) is 15.9 Å². The molecule has 0 aromatic heterocycles. The highest BCUT2D eigenvalue weighted by atomic mass is 127. The average Bonchev–Trinajstić information content (AvgIpc) is 2.55. The maximum Gasteiger partial charge on any atom is 0.426 e. The summed E-state index contributed by atoms with van der Waals surface area (Å²) >= 11 is 7.91. The van der Waals surface area contributed by atoms with Gasteiger partial charge in [0.1, 0.15) is 0 Å². The number of sulfonamides is 1. The first-order valence-corrected chi connectivity index (χ1v) is 10.4. The molecule has 0 saturated carbocycles. The van der Waals surface area contributed by atoms with Crippen molar-refractivity contribution in [3.63, 3.8) is 0 Å². The minimum absolute atomic E-state index is 0.267. The molecule has 2 rings (SSSR count). The fourth-order valence-electron chi connectivity index (χ4n) is 1.90. The van der Waals surface area contributed by atoms with Crippen LogP contribution in [0.1, 0.15) is 6.92 Å². The summed E-state index contributed by atoms with van der Waals surface area (Å²) in [5, 5.41) is 10.9. The zero-order chi connectivity index (χ0) is 21.3. The van der Waals surface area contributed by atoms with Crippen LogP contribution in [-0.2, 0) is 14.8 Å². The third kappa shape index (κ3) is 5.07. The number of rotatable bonds is 5. The molecule has 1 unspecified atom stereocenters. The third-order valence-electron chi connectivity index (χ3n) is 3.57. The zero-order valence-corrected chi connectivity index (χ0v) is 17.7. The van der Waals surface area contributed by atoms with Crippen LogP contribution in [0.4, 0.5) is 24.5 Å². The van der Waals surface area contributed by atoms with Crippen molar-refractivity contribution in [2.24, 2.45) is 0 Å². The van der Waals surface area contributed by atoms with Gasteiger partial charge in [-0.25, -0.2) is 8.42 Å². The molecule has 0 aliphatic carbocycles. The highest BCUT2D eigenvalue weighted by Crippen LogP contribution is 2.33. The Hall–Kier alpha value is -1.57. The monoisotopic (exact) mass is 548 g/mol. The molecule has 0 saturated heterocycles. The Labute approximate surface area is 177 Å². The van der Waals surface area contributed by atoms with Crippen molar-refractivity contribution in [3.8, 4) is 0 Å². The van der Waals surface area contributed by atoms with Gasteiger partial charge in [0.05, 0.1) is 15.6 Å². The maximum atomic E-state index is 12.7. The normalized spacial score (nSPS) is 14.2. The second kappa shape index (κ2) is 8.05. The molecule has 0 bridgehead atoms. The van der Waals surface area contributed by atoms with E-state index in [2.05, 4.69) is 4.72 Å². The molecule has 1 atom stereocenters.